The molecule has 0 spiro atoms. The summed E-state index contributed by atoms with van der Waals surface area (Å²) in [5.74, 6) is 0.121. The van der Waals surface area contributed by atoms with E-state index in [1.165, 1.54) is 37.8 Å². The molecule has 1 amide bonds. The molecule has 3 aromatic rings. The van der Waals surface area contributed by atoms with Crippen LogP contribution in [-0.2, 0) is 14.8 Å². The highest BCUT2D eigenvalue weighted by Gasteiger charge is 2.28. The van der Waals surface area contributed by atoms with Gasteiger partial charge in [0, 0.05) is 18.8 Å². The Morgan fingerprint density at radius 1 is 1.05 bits per heavy atom. The standard InChI is InChI=1S/C28H32BrN3O4S/c1-20-6-10-24(11-7-20)32(37(34,35)25-14-15-27(36-3)26(29)18-25)19-28(33)30-21(2)22-8-12-23(13-9-22)31-16-4-5-17-31/h6-15,18,21H,4-5,16-17,19H2,1-3H3,(H,30,33). The normalized spacial score (nSPS) is 14.3. The number of nitrogens with one attached hydrogen (secondary N) is 1. The van der Waals surface area contributed by atoms with Gasteiger partial charge in [-0.25, -0.2) is 8.42 Å². The molecule has 37 heavy (non-hydrogen) atoms. The van der Waals surface area contributed by atoms with E-state index in [0.29, 0.717) is 15.9 Å². The molecule has 1 N–H and O–H groups in total. The van der Waals surface area contributed by atoms with Crippen LogP contribution in [0.2, 0.25) is 0 Å². The lowest BCUT2D eigenvalue weighted by molar-refractivity contribution is -0.120. The number of ether oxygens (including phenoxy) is 1. The van der Waals surface area contributed by atoms with Crippen LogP contribution in [0, 0.1) is 6.92 Å². The van der Waals surface area contributed by atoms with E-state index >= 15 is 0 Å². The quantitative estimate of drug-likeness (QED) is 0.362. The Morgan fingerprint density at radius 2 is 1.70 bits per heavy atom. The van der Waals surface area contributed by atoms with Gasteiger partial charge in [0.25, 0.3) is 10.0 Å². The highest BCUT2D eigenvalue weighted by molar-refractivity contribution is 9.10. The summed E-state index contributed by atoms with van der Waals surface area (Å²) in [6.45, 7) is 5.60. The minimum absolute atomic E-state index is 0.0547. The summed E-state index contributed by atoms with van der Waals surface area (Å²) in [4.78, 5) is 15.6. The Balaban J connectivity index is 1.54. The number of carbonyl (C=O) groups excluding carboxylic acids is 1. The molecule has 196 valence electrons. The number of nitrogens with zero attached hydrogens (tertiary/aromatic N) is 2. The number of hydrogen-bond acceptors (Lipinski definition) is 5. The Morgan fingerprint density at radius 3 is 2.30 bits per heavy atom. The van der Waals surface area contributed by atoms with Gasteiger partial charge in [-0.05, 0) is 90.6 Å². The van der Waals surface area contributed by atoms with Gasteiger partial charge in [-0.3, -0.25) is 9.10 Å². The number of halogens is 1. The fourth-order valence-corrected chi connectivity index (χ4v) is 6.55. The molecule has 1 atom stereocenters. The first kappa shape index (κ1) is 27.0. The van der Waals surface area contributed by atoms with Crippen LogP contribution in [0.15, 0.2) is 76.1 Å². The van der Waals surface area contributed by atoms with Gasteiger partial charge in [-0.1, -0.05) is 29.8 Å². The summed E-state index contributed by atoms with van der Waals surface area (Å²) >= 11 is 3.36. The van der Waals surface area contributed by atoms with Crippen molar-refractivity contribution in [2.75, 3.05) is 35.9 Å². The third-order valence-electron chi connectivity index (χ3n) is 6.56. The number of rotatable bonds is 9. The monoisotopic (exact) mass is 585 g/mol. The highest BCUT2D eigenvalue weighted by Crippen LogP contribution is 2.31. The van der Waals surface area contributed by atoms with E-state index in [4.69, 9.17) is 4.74 Å². The van der Waals surface area contributed by atoms with Gasteiger partial charge in [0.1, 0.15) is 12.3 Å². The average molecular weight is 587 g/mol. The average Bonchev–Trinajstić information content (AvgIpc) is 3.43. The number of methoxy groups -OCH3 is 1. The van der Waals surface area contributed by atoms with Crippen molar-refractivity contribution in [1.82, 2.24) is 5.32 Å². The van der Waals surface area contributed by atoms with Crippen LogP contribution in [0.3, 0.4) is 0 Å². The molecular weight excluding hydrogens is 554 g/mol. The molecule has 1 aliphatic heterocycles. The van der Waals surface area contributed by atoms with Gasteiger partial charge >= 0.3 is 0 Å². The first-order valence-electron chi connectivity index (χ1n) is 12.3. The van der Waals surface area contributed by atoms with E-state index in [1.807, 2.05) is 38.1 Å². The number of amides is 1. The van der Waals surface area contributed by atoms with Crippen molar-refractivity contribution in [2.24, 2.45) is 0 Å². The van der Waals surface area contributed by atoms with Gasteiger partial charge < -0.3 is 15.0 Å². The summed E-state index contributed by atoms with van der Waals surface area (Å²) in [5.41, 5.74) is 3.54. The Hall–Kier alpha value is -3.04. The fourth-order valence-electron chi connectivity index (χ4n) is 4.41. The molecule has 0 radical (unpaired) electrons. The van der Waals surface area contributed by atoms with Crippen molar-refractivity contribution in [3.05, 3.63) is 82.3 Å². The molecule has 3 aromatic carbocycles. The minimum Gasteiger partial charge on any atom is -0.496 e. The molecule has 1 heterocycles. The van der Waals surface area contributed by atoms with Crippen molar-refractivity contribution >= 4 is 43.2 Å². The zero-order valence-electron chi connectivity index (χ0n) is 21.3. The van der Waals surface area contributed by atoms with Crippen molar-refractivity contribution in [2.45, 2.75) is 37.6 Å². The number of hydrogen-bond donors (Lipinski definition) is 1. The molecule has 1 fully saturated rings. The molecule has 0 bridgehead atoms. The largest absolute Gasteiger partial charge is 0.496 e. The van der Waals surface area contributed by atoms with E-state index in [-0.39, 0.29) is 17.5 Å². The predicted molar refractivity (Wildman–Crippen MR) is 151 cm³/mol. The first-order valence-corrected chi connectivity index (χ1v) is 14.5. The fraction of sp³-hybridized carbons (Fsp3) is 0.321. The Kier molecular flexibility index (Phi) is 8.44. The zero-order valence-corrected chi connectivity index (χ0v) is 23.7. The molecule has 1 unspecified atom stereocenters. The second kappa shape index (κ2) is 11.6. The molecule has 1 saturated heterocycles. The van der Waals surface area contributed by atoms with E-state index in [9.17, 15) is 13.2 Å². The number of aryl methyl sites for hydroxylation is 1. The van der Waals surface area contributed by atoms with Gasteiger partial charge in [-0.2, -0.15) is 0 Å². The van der Waals surface area contributed by atoms with Crippen LogP contribution in [0.5, 0.6) is 5.75 Å². The zero-order chi connectivity index (χ0) is 26.6. The van der Waals surface area contributed by atoms with Crippen LogP contribution in [0.1, 0.15) is 36.9 Å². The number of sulfonamides is 1. The van der Waals surface area contributed by atoms with E-state index in [0.717, 1.165) is 28.5 Å². The van der Waals surface area contributed by atoms with Crippen LogP contribution in [-0.4, -0.2) is 41.1 Å². The first-order chi connectivity index (χ1) is 17.7. The van der Waals surface area contributed by atoms with Crippen LogP contribution in [0.4, 0.5) is 11.4 Å². The molecule has 9 heteroatoms. The summed E-state index contributed by atoms with van der Waals surface area (Å²) < 4.78 is 34.3. The predicted octanol–water partition coefficient (Wildman–Crippen LogP) is 5.44. The minimum atomic E-state index is -4.04. The van der Waals surface area contributed by atoms with Crippen molar-refractivity contribution < 1.29 is 17.9 Å². The summed E-state index contributed by atoms with van der Waals surface area (Å²) in [5, 5.41) is 2.96. The smallest absolute Gasteiger partial charge is 0.264 e. The van der Waals surface area contributed by atoms with E-state index in [1.54, 1.807) is 18.2 Å². The van der Waals surface area contributed by atoms with E-state index < -0.39 is 15.9 Å². The summed E-state index contributed by atoms with van der Waals surface area (Å²) in [6, 6.07) is 19.5. The van der Waals surface area contributed by atoms with Gasteiger partial charge in [-0.15, -0.1) is 0 Å². The van der Waals surface area contributed by atoms with Crippen LogP contribution in [0.25, 0.3) is 0 Å². The Labute approximate surface area is 227 Å². The number of anilines is 2. The maximum absolute atomic E-state index is 13.7. The van der Waals surface area contributed by atoms with Crippen LogP contribution < -0.4 is 19.3 Å². The topological polar surface area (TPSA) is 79.0 Å². The van der Waals surface area contributed by atoms with Gasteiger partial charge in [0.05, 0.1) is 28.2 Å². The lowest BCUT2D eigenvalue weighted by Gasteiger charge is -2.25. The highest BCUT2D eigenvalue weighted by atomic mass is 79.9. The SMILES string of the molecule is COc1ccc(S(=O)(=O)N(CC(=O)NC(C)c2ccc(N3CCCC3)cc2)c2ccc(C)cc2)cc1Br. The van der Waals surface area contributed by atoms with Crippen molar-refractivity contribution in [3.63, 3.8) is 0 Å². The molecule has 0 aliphatic carbocycles. The molecule has 4 rings (SSSR count). The van der Waals surface area contributed by atoms with Gasteiger partial charge in [0.15, 0.2) is 0 Å². The van der Waals surface area contributed by atoms with E-state index in [2.05, 4.69) is 38.3 Å². The Bertz CT molecular complexity index is 1340. The lowest BCUT2D eigenvalue weighted by Crippen LogP contribution is -2.41. The summed E-state index contributed by atoms with van der Waals surface area (Å²) in [7, 11) is -2.53. The molecule has 1 aliphatic rings. The number of carbonyl (C=O) groups is 1. The second-order valence-electron chi connectivity index (χ2n) is 9.22. The molecule has 0 saturated carbocycles. The van der Waals surface area contributed by atoms with Gasteiger partial charge in [0.2, 0.25) is 5.91 Å². The third kappa shape index (κ3) is 6.27. The van der Waals surface area contributed by atoms with Crippen molar-refractivity contribution in [3.8, 4) is 5.75 Å². The molecular formula is C28H32BrN3O4S. The number of benzene rings is 3. The molecule has 0 aromatic heterocycles. The van der Waals surface area contributed by atoms with Crippen LogP contribution >= 0.6 is 15.9 Å². The van der Waals surface area contributed by atoms with Crippen molar-refractivity contribution in [1.29, 1.82) is 0 Å². The maximum atomic E-state index is 13.7. The summed E-state index contributed by atoms with van der Waals surface area (Å²) in [6.07, 6.45) is 2.42. The second-order valence-corrected chi connectivity index (χ2v) is 11.9. The maximum Gasteiger partial charge on any atom is 0.264 e. The third-order valence-corrected chi connectivity index (χ3v) is 8.95. The molecule has 7 nitrogen and oxygen atoms in total. The lowest BCUT2D eigenvalue weighted by atomic mass is 10.1.